The summed E-state index contributed by atoms with van der Waals surface area (Å²) in [5, 5.41) is 28.9. The van der Waals surface area contributed by atoms with Crippen LogP contribution >= 0.6 is 12.2 Å². The molecular formula is C10H13N5O4S. The Morgan fingerprint density at radius 1 is 1.35 bits per heavy atom. The summed E-state index contributed by atoms with van der Waals surface area (Å²) in [6, 6.07) is -0.543. The Balaban J connectivity index is 1.87. The predicted octanol–water partition coefficient (Wildman–Crippen LogP) is -2.81. The molecule has 1 fully saturated rings. The van der Waals surface area contributed by atoms with E-state index in [2.05, 4.69) is 15.0 Å². The van der Waals surface area contributed by atoms with Gasteiger partial charge in [-0.1, -0.05) is 12.2 Å². The molecule has 3 aliphatic heterocycles. The first-order valence-corrected chi connectivity index (χ1v) is 6.34. The van der Waals surface area contributed by atoms with Crippen LogP contribution in [0.1, 0.15) is 0 Å². The zero-order chi connectivity index (χ0) is 14.4. The van der Waals surface area contributed by atoms with Gasteiger partial charge in [0.25, 0.3) is 0 Å². The van der Waals surface area contributed by atoms with Crippen molar-refractivity contribution in [1.29, 1.82) is 0 Å². The molecule has 3 heterocycles. The van der Waals surface area contributed by atoms with E-state index in [9.17, 15) is 10.2 Å². The van der Waals surface area contributed by atoms with Crippen molar-refractivity contribution in [3.63, 3.8) is 0 Å². The first-order chi connectivity index (χ1) is 9.52. The molecule has 3 rings (SSSR count). The van der Waals surface area contributed by atoms with Crippen LogP contribution in [0, 0.1) is 0 Å². The van der Waals surface area contributed by atoms with Gasteiger partial charge in [-0.15, -0.1) is 0 Å². The second-order valence-corrected chi connectivity index (χ2v) is 5.00. The van der Waals surface area contributed by atoms with Gasteiger partial charge >= 0.3 is 0 Å². The normalized spacial score (nSPS) is 39.9. The van der Waals surface area contributed by atoms with Gasteiger partial charge in [-0.2, -0.15) is 4.99 Å². The Morgan fingerprint density at radius 3 is 2.75 bits per heavy atom. The Hall–Kier alpha value is -1.46. The smallest absolute Gasteiger partial charge is 0.222 e. The maximum Gasteiger partial charge on any atom is 0.222 e. The SMILES string of the molecule is NC1=NC(=S)C2N=CN([C@@H]3O[C@H](CO)[C@@H](O)[C@H]3O)C2=N1. The van der Waals surface area contributed by atoms with Crippen LogP contribution in [-0.2, 0) is 4.74 Å². The Labute approximate surface area is 119 Å². The van der Waals surface area contributed by atoms with E-state index >= 15 is 0 Å². The quantitative estimate of drug-likeness (QED) is 0.404. The van der Waals surface area contributed by atoms with Crippen molar-refractivity contribution < 1.29 is 20.1 Å². The molecule has 0 aromatic rings. The van der Waals surface area contributed by atoms with E-state index in [0.717, 1.165) is 0 Å². The van der Waals surface area contributed by atoms with Crippen LogP contribution in [0.5, 0.6) is 0 Å². The molecule has 9 nitrogen and oxygen atoms in total. The zero-order valence-corrected chi connectivity index (χ0v) is 11.0. The molecule has 0 saturated carbocycles. The van der Waals surface area contributed by atoms with Crippen molar-refractivity contribution in [2.24, 2.45) is 20.7 Å². The number of nitrogens with zero attached hydrogens (tertiary/aromatic N) is 4. The van der Waals surface area contributed by atoms with Crippen molar-refractivity contribution in [1.82, 2.24) is 4.90 Å². The number of aliphatic imine (C=N–C) groups is 3. The zero-order valence-electron chi connectivity index (χ0n) is 10.2. The highest BCUT2D eigenvalue weighted by Crippen LogP contribution is 2.27. The fourth-order valence-electron chi connectivity index (χ4n) is 2.32. The molecule has 1 unspecified atom stereocenters. The highest BCUT2D eigenvalue weighted by Gasteiger charge is 2.48. The number of aliphatic hydroxyl groups excluding tert-OH is 3. The predicted molar refractivity (Wildman–Crippen MR) is 73.5 cm³/mol. The van der Waals surface area contributed by atoms with Gasteiger partial charge in [0.05, 0.1) is 12.9 Å². The second-order valence-electron chi connectivity index (χ2n) is 4.58. The number of guanidine groups is 1. The summed E-state index contributed by atoms with van der Waals surface area (Å²) in [7, 11) is 0. The molecule has 0 bridgehead atoms. The van der Waals surface area contributed by atoms with Crippen molar-refractivity contribution in [2.75, 3.05) is 6.61 Å². The number of thiocarbonyl (C=S) groups is 1. The first kappa shape index (κ1) is 13.5. The lowest BCUT2D eigenvalue weighted by Crippen LogP contribution is -2.49. The van der Waals surface area contributed by atoms with Crippen molar-refractivity contribution >= 4 is 35.3 Å². The van der Waals surface area contributed by atoms with Gasteiger partial charge in [-0.25, -0.2) is 4.99 Å². The van der Waals surface area contributed by atoms with E-state index in [0.29, 0.717) is 5.84 Å². The van der Waals surface area contributed by atoms with Gasteiger partial charge in [0.1, 0.15) is 29.1 Å². The number of fused-ring (bicyclic) bond motifs is 1. The number of hydrogen-bond donors (Lipinski definition) is 4. The van der Waals surface area contributed by atoms with Gasteiger partial charge in [0, 0.05) is 0 Å². The van der Waals surface area contributed by atoms with Crippen LogP contribution in [0.15, 0.2) is 15.0 Å². The van der Waals surface area contributed by atoms with Crippen molar-refractivity contribution in [2.45, 2.75) is 30.6 Å². The number of ether oxygens (including phenoxy) is 1. The number of aliphatic hydroxyl groups is 3. The number of amidine groups is 1. The molecule has 3 aliphatic rings. The summed E-state index contributed by atoms with van der Waals surface area (Å²) in [5.74, 6) is 0.390. The summed E-state index contributed by atoms with van der Waals surface area (Å²) in [6.07, 6.45) is -2.79. The maximum absolute atomic E-state index is 10.0. The second kappa shape index (κ2) is 4.82. The standard InChI is InChI=1S/C10H13N5O4S/c11-10-13-7-4(8(20)14-10)12-2-15(7)9-6(18)5(17)3(1-16)19-9/h2-6,9,16-18H,1H2,(H2,11,14,20)/t3-,4?,5-,6-,9-/m1/s1. The third kappa shape index (κ3) is 1.93. The molecule has 0 spiro atoms. The molecule has 20 heavy (non-hydrogen) atoms. The number of nitrogens with two attached hydrogens (primary N) is 1. The fourth-order valence-corrected chi connectivity index (χ4v) is 2.58. The summed E-state index contributed by atoms with van der Waals surface area (Å²) in [6.45, 7) is -0.405. The molecule has 0 aliphatic carbocycles. The molecule has 0 amide bonds. The molecule has 5 N–H and O–H groups in total. The minimum atomic E-state index is -1.21. The van der Waals surface area contributed by atoms with Gasteiger partial charge < -0.3 is 25.8 Å². The minimum absolute atomic E-state index is 0.00323. The van der Waals surface area contributed by atoms with Crippen LogP contribution in [0.3, 0.4) is 0 Å². The minimum Gasteiger partial charge on any atom is -0.394 e. The van der Waals surface area contributed by atoms with Gasteiger partial charge in [-0.05, 0) is 0 Å². The molecule has 10 heteroatoms. The van der Waals surface area contributed by atoms with E-state index in [1.54, 1.807) is 0 Å². The Morgan fingerprint density at radius 2 is 2.10 bits per heavy atom. The Kier molecular flexibility index (Phi) is 3.26. The van der Waals surface area contributed by atoms with Crippen LogP contribution < -0.4 is 5.73 Å². The highest BCUT2D eigenvalue weighted by molar-refractivity contribution is 7.80. The lowest BCUT2D eigenvalue weighted by Gasteiger charge is -2.27. The first-order valence-electron chi connectivity index (χ1n) is 5.93. The van der Waals surface area contributed by atoms with Crippen LogP contribution in [0.25, 0.3) is 0 Å². The number of hydrogen-bond acceptors (Lipinski definition) is 9. The summed E-state index contributed by atoms with van der Waals surface area (Å²) >= 11 is 5.07. The van der Waals surface area contributed by atoms with Gasteiger partial charge in [0.2, 0.25) is 5.96 Å². The average Bonchev–Trinajstić information content (AvgIpc) is 2.93. The number of rotatable bonds is 2. The van der Waals surface area contributed by atoms with E-state index in [4.69, 9.17) is 27.8 Å². The van der Waals surface area contributed by atoms with Gasteiger partial charge in [-0.3, -0.25) is 9.89 Å². The van der Waals surface area contributed by atoms with Crippen LogP contribution in [0.2, 0.25) is 0 Å². The van der Waals surface area contributed by atoms with Crippen molar-refractivity contribution in [3.8, 4) is 0 Å². The molecule has 1 saturated heterocycles. The summed E-state index contributed by atoms with van der Waals surface area (Å²) in [5.41, 5.74) is 5.56. The maximum atomic E-state index is 10.0. The third-order valence-corrected chi connectivity index (χ3v) is 3.64. The Bertz CT molecular complexity index is 536. The molecule has 108 valence electrons. The van der Waals surface area contributed by atoms with Crippen LogP contribution in [-0.4, -0.2) is 80.5 Å². The molecule has 0 aromatic carbocycles. The topological polar surface area (TPSA) is 136 Å². The largest absolute Gasteiger partial charge is 0.394 e. The fraction of sp³-hybridized carbons (Fsp3) is 0.600. The van der Waals surface area contributed by atoms with E-state index in [1.165, 1.54) is 11.2 Å². The lowest BCUT2D eigenvalue weighted by molar-refractivity contribution is -0.0509. The molecule has 0 radical (unpaired) electrons. The van der Waals surface area contributed by atoms with E-state index in [1.807, 2.05) is 0 Å². The monoisotopic (exact) mass is 299 g/mol. The van der Waals surface area contributed by atoms with Crippen LogP contribution in [0.4, 0.5) is 0 Å². The molecule has 5 atom stereocenters. The third-order valence-electron chi connectivity index (χ3n) is 3.33. The van der Waals surface area contributed by atoms with E-state index in [-0.39, 0.29) is 10.9 Å². The summed E-state index contributed by atoms with van der Waals surface area (Å²) in [4.78, 5) is 13.8. The molecule has 0 aromatic heterocycles. The van der Waals surface area contributed by atoms with Gasteiger partial charge in [0.15, 0.2) is 12.3 Å². The van der Waals surface area contributed by atoms with E-state index < -0.39 is 37.2 Å². The highest BCUT2D eigenvalue weighted by atomic mass is 32.1. The summed E-state index contributed by atoms with van der Waals surface area (Å²) < 4.78 is 5.42. The molecular weight excluding hydrogens is 286 g/mol. The van der Waals surface area contributed by atoms with Crippen molar-refractivity contribution in [3.05, 3.63) is 0 Å². The average molecular weight is 299 g/mol. The lowest BCUT2D eigenvalue weighted by atomic mass is 10.1.